The van der Waals surface area contributed by atoms with Crippen molar-refractivity contribution >= 4 is 28.3 Å². The predicted molar refractivity (Wildman–Crippen MR) is 123 cm³/mol. The summed E-state index contributed by atoms with van der Waals surface area (Å²) >= 11 is 1.45. The molecule has 0 bridgehead atoms. The van der Waals surface area contributed by atoms with Crippen LogP contribution in [-0.2, 0) is 9.59 Å². The van der Waals surface area contributed by atoms with E-state index in [1.54, 1.807) is 11.1 Å². The SMILES string of the molecule is CCCCCCCCCCCCCC(=O)N(CCC)CC(=O)Nc1ncc(C)s1. The molecule has 0 atom stereocenters. The number of anilines is 1. The fourth-order valence-electron chi connectivity index (χ4n) is 3.41. The van der Waals surface area contributed by atoms with E-state index in [1.165, 1.54) is 69.1 Å². The van der Waals surface area contributed by atoms with E-state index in [9.17, 15) is 9.59 Å². The van der Waals surface area contributed by atoms with Crippen LogP contribution in [0.15, 0.2) is 6.20 Å². The quantitative estimate of drug-likeness (QED) is 0.298. The molecule has 1 N–H and O–H groups in total. The number of hydrogen-bond acceptors (Lipinski definition) is 4. The normalized spacial score (nSPS) is 10.9. The van der Waals surface area contributed by atoms with Gasteiger partial charge in [0.05, 0.1) is 6.54 Å². The lowest BCUT2D eigenvalue weighted by Gasteiger charge is -2.21. The first-order valence-electron chi connectivity index (χ1n) is 11.6. The van der Waals surface area contributed by atoms with Gasteiger partial charge in [-0.1, -0.05) is 78.1 Å². The average molecular weight is 424 g/mol. The molecule has 1 aromatic heterocycles. The van der Waals surface area contributed by atoms with Crippen molar-refractivity contribution < 1.29 is 9.59 Å². The van der Waals surface area contributed by atoms with Crippen LogP contribution in [0.2, 0.25) is 0 Å². The molecule has 0 aliphatic carbocycles. The van der Waals surface area contributed by atoms with Crippen LogP contribution in [0.4, 0.5) is 5.13 Å². The van der Waals surface area contributed by atoms with E-state index >= 15 is 0 Å². The van der Waals surface area contributed by atoms with E-state index in [4.69, 9.17) is 0 Å². The average Bonchev–Trinajstić information content (AvgIpc) is 3.10. The molecular formula is C23H41N3O2S. The summed E-state index contributed by atoms with van der Waals surface area (Å²) in [6, 6.07) is 0. The van der Waals surface area contributed by atoms with Crippen molar-refractivity contribution in [2.24, 2.45) is 0 Å². The number of nitrogens with zero attached hydrogens (tertiary/aromatic N) is 2. The highest BCUT2D eigenvalue weighted by atomic mass is 32.1. The van der Waals surface area contributed by atoms with Crippen LogP contribution in [-0.4, -0.2) is 34.8 Å². The highest BCUT2D eigenvalue weighted by Crippen LogP contribution is 2.16. The highest BCUT2D eigenvalue weighted by molar-refractivity contribution is 7.15. The topological polar surface area (TPSA) is 62.3 Å². The first kappa shape index (κ1) is 25.6. The Morgan fingerprint density at radius 3 is 2.03 bits per heavy atom. The number of nitrogens with one attached hydrogen (secondary N) is 1. The van der Waals surface area contributed by atoms with Gasteiger partial charge in [-0.25, -0.2) is 4.98 Å². The summed E-state index contributed by atoms with van der Waals surface area (Å²) in [6.45, 7) is 6.98. The van der Waals surface area contributed by atoms with Gasteiger partial charge in [-0.2, -0.15) is 0 Å². The molecule has 5 nitrogen and oxygen atoms in total. The monoisotopic (exact) mass is 423 g/mol. The third-order valence-corrected chi connectivity index (χ3v) is 5.87. The zero-order chi connectivity index (χ0) is 21.3. The van der Waals surface area contributed by atoms with Crippen molar-refractivity contribution in [3.8, 4) is 0 Å². The molecular weight excluding hydrogens is 382 g/mol. The van der Waals surface area contributed by atoms with E-state index in [1.807, 2.05) is 13.8 Å². The standard InChI is InChI=1S/C23H41N3O2S/c1-4-6-7-8-9-10-11-12-13-14-15-16-22(28)26(17-5-2)19-21(27)25-23-24-18-20(3)29-23/h18H,4-17,19H2,1-3H3,(H,24,25,27). The maximum absolute atomic E-state index is 12.5. The Morgan fingerprint density at radius 1 is 0.931 bits per heavy atom. The number of hydrogen-bond donors (Lipinski definition) is 1. The van der Waals surface area contributed by atoms with Gasteiger partial charge in [-0.3, -0.25) is 9.59 Å². The summed E-state index contributed by atoms with van der Waals surface area (Å²) in [5.74, 6) is -0.0756. The largest absolute Gasteiger partial charge is 0.333 e. The molecule has 1 aromatic rings. The van der Waals surface area contributed by atoms with Crippen molar-refractivity contribution in [1.82, 2.24) is 9.88 Å². The minimum absolute atomic E-state index is 0.0910. The molecule has 0 radical (unpaired) electrons. The van der Waals surface area contributed by atoms with E-state index in [2.05, 4.69) is 17.2 Å². The van der Waals surface area contributed by atoms with Gasteiger partial charge in [0.25, 0.3) is 0 Å². The van der Waals surface area contributed by atoms with Crippen molar-refractivity contribution in [2.75, 3.05) is 18.4 Å². The molecule has 1 heterocycles. The third-order valence-electron chi connectivity index (χ3n) is 5.04. The van der Waals surface area contributed by atoms with E-state index in [0.717, 1.165) is 24.1 Å². The molecule has 6 heteroatoms. The van der Waals surface area contributed by atoms with Crippen LogP contribution in [0.3, 0.4) is 0 Å². The van der Waals surface area contributed by atoms with Crippen LogP contribution in [0.5, 0.6) is 0 Å². The molecule has 0 aliphatic heterocycles. The molecule has 0 saturated carbocycles. The molecule has 0 saturated heterocycles. The third kappa shape index (κ3) is 12.7. The van der Waals surface area contributed by atoms with Gasteiger partial charge in [0, 0.05) is 24.0 Å². The molecule has 166 valence electrons. The minimum Gasteiger partial charge on any atom is -0.333 e. The maximum atomic E-state index is 12.5. The van der Waals surface area contributed by atoms with Crippen molar-refractivity contribution in [2.45, 2.75) is 104 Å². The van der Waals surface area contributed by atoms with Crippen molar-refractivity contribution in [3.05, 3.63) is 11.1 Å². The zero-order valence-electron chi connectivity index (χ0n) is 18.8. The summed E-state index contributed by atoms with van der Waals surface area (Å²) in [6.07, 6.45) is 17.1. The summed E-state index contributed by atoms with van der Waals surface area (Å²) in [5.41, 5.74) is 0. The summed E-state index contributed by atoms with van der Waals surface area (Å²) in [7, 11) is 0. The highest BCUT2D eigenvalue weighted by Gasteiger charge is 2.16. The van der Waals surface area contributed by atoms with E-state index in [-0.39, 0.29) is 18.4 Å². The van der Waals surface area contributed by atoms with Gasteiger partial charge in [-0.15, -0.1) is 11.3 Å². The van der Waals surface area contributed by atoms with Crippen LogP contribution in [0.25, 0.3) is 0 Å². The summed E-state index contributed by atoms with van der Waals surface area (Å²) in [5, 5.41) is 3.39. The molecule has 29 heavy (non-hydrogen) atoms. The van der Waals surface area contributed by atoms with Gasteiger partial charge in [0.15, 0.2) is 5.13 Å². The number of aryl methyl sites for hydroxylation is 1. The lowest BCUT2D eigenvalue weighted by molar-refractivity contribution is -0.134. The number of rotatable bonds is 17. The van der Waals surface area contributed by atoms with Crippen molar-refractivity contribution in [1.29, 1.82) is 0 Å². The smallest absolute Gasteiger partial charge is 0.245 e. The summed E-state index contributed by atoms with van der Waals surface area (Å²) < 4.78 is 0. The molecule has 0 unspecified atom stereocenters. The second kappa shape index (κ2) is 16.4. The van der Waals surface area contributed by atoms with Crippen LogP contribution >= 0.6 is 11.3 Å². The number of thiazole rings is 1. The van der Waals surface area contributed by atoms with Gasteiger partial charge < -0.3 is 10.2 Å². The Labute approximate surface area is 181 Å². The summed E-state index contributed by atoms with van der Waals surface area (Å²) in [4.78, 5) is 31.6. The predicted octanol–water partition coefficient (Wildman–Crippen LogP) is 6.33. The maximum Gasteiger partial charge on any atom is 0.245 e. The lowest BCUT2D eigenvalue weighted by Crippen LogP contribution is -2.38. The fourth-order valence-corrected chi connectivity index (χ4v) is 4.09. The Bertz CT molecular complexity index is 574. The Hall–Kier alpha value is -1.43. The van der Waals surface area contributed by atoms with Crippen LogP contribution < -0.4 is 5.32 Å². The van der Waals surface area contributed by atoms with Gasteiger partial charge in [0.2, 0.25) is 11.8 Å². The Balaban J connectivity index is 2.14. The fraction of sp³-hybridized carbons (Fsp3) is 0.783. The van der Waals surface area contributed by atoms with E-state index < -0.39 is 0 Å². The van der Waals surface area contributed by atoms with Crippen molar-refractivity contribution in [3.63, 3.8) is 0 Å². The van der Waals surface area contributed by atoms with Crippen LogP contribution in [0, 0.1) is 6.92 Å². The molecule has 0 aliphatic rings. The molecule has 0 fully saturated rings. The molecule has 0 aromatic carbocycles. The minimum atomic E-state index is -0.167. The second-order valence-corrected chi connectivity index (χ2v) is 9.16. The number of amides is 2. The number of carbonyl (C=O) groups is 2. The number of unbranched alkanes of at least 4 members (excludes halogenated alkanes) is 10. The first-order chi connectivity index (χ1) is 14.1. The van der Waals surface area contributed by atoms with Gasteiger partial charge in [-0.05, 0) is 19.8 Å². The Kier molecular flexibility index (Phi) is 14.5. The van der Waals surface area contributed by atoms with Gasteiger partial charge >= 0.3 is 0 Å². The van der Waals surface area contributed by atoms with E-state index in [0.29, 0.717) is 18.1 Å². The van der Waals surface area contributed by atoms with Gasteiger partial charge in [0.1, 0.15) is 0 Å². The first-order valence-corrected chi connectivity index (χ1v) is 12.4. The molecule has 2 amide bonds. The molecule has 1 rings (SSSR count). The number of aromatic nitrogens is 1. The van der Waals surface area contributed by atoms with Crippen LogP contribution in [0.1, 0.15) is 102 Å². The lowest BCUT2D eigenvalue weighted by atomic mass is 10.1. The number of carbonyl (C=O) groups excluding carboxylic acids is 2. The molecule has 0 spiro atoms. The second-order valence-electron chi connectivity index (χ2n) is 7.93. The Morgan fingerprint density at radius 2 is 1.52 bits per heavy atom. The zero-order valence-corrected chi connectivity index (χ0v) is 19.6.